The number of halogens is 1. The predicted molar refractivity (Wildman–Crippen MR) is 90.1 cm³/mol. The van der Waals surface area contributed by atoms with Gasteiger partial charge in [0.05, 0.1) is 0 Å². The Morgan fingerprint density at radius 3 is 2.54 bits per heavy atom. The van der Waals surface area contributed by atoms with Gasteiger partial charge in [-0.25, -0.2) is 9.18 Å². The molecule has 2 aliphatic rings. The molecule has 2 N–H and O–H groups in total. The first-order valence-electron chi connectivity index (χ1n) is 8.71. The van der Waals surface area contributed by atoms with Crippen molar-refractivity contribution >= 4 is 17.6 Å². The van der Waals surface area contributed by atoms with Crippen molar-refractivity contribution in [2.24, 2.45) is 5.92 Å². The third-order valence-corrected chi connectivity index (χ3v) is 4.92. The third-order valence-electron chi connectivity index (χ3n) is 4.92. The van der Waals surface area contributed by atoms with Gasteiger partial charge in [0.15, 0.2) is 0 Å². The van der Waals surface area contributed by atoms with Gasteiger partial charge < -0.3 is 15.5 Å². The van der Waals surface area contributed by atoms with Crippen molar-refractivity contribution in [1.29, 1.82) is 0 Å². The van der Waals surface area contributed by atoms with E-state index < -0.39 is 0 Å². The summed E-state index contributed by atoms with van der Waals surface area (Å²) >= 11 is 0. The topological polar surface area (TPSA) is 61.4 Å². The van der Waals surface area contributed by atoms with Crippen LogP contribution in [0, 0.1) is 11.7 Å². The van der Waals surface area contributed by atoms with Gasteiger partial charge in [0.25, 0.3) is 0 Å². The van der Waals surface area contributed by atoms with Crippen LogP contribution in [0.1, 0.15) is 38.5 Å². The maximum atomic E-state index is 12.9. The fourth-order valence-electron chi connectivity index (χ4n) is 3.58. The van der Waals surface area contributed by atoms with Gasteiger partial charge in [-0.05, 0) is 49.4 Å². The summed E-state index contributed by atoms with van der Waals surface area (Å²) in [6, 6.07) is 5.28. The number of amides is 3. The van der Waals surface area contributed by atoms with Crippen LogP contribution >= 0.6 is 0 Å². The lowest BCUT2D eigenvalue weighted by Gasteiger charge is -2.19. The molecule has 0 unspecified atom stereocenters. The molecule has 3 amide bonds. The highest BCUT2D eigenvalue weighted by molar-refractivity contribution is 5.89. The zero-order chi connectivity index (χ0) is 16.9. The quantitative estimate of drug-likeness (QED) is 0.889. The molecule has 1 aliphatic carbocycles. The second-order valence-corrected chi connectivity index (χ2v) is 6.79. The highest BCUT2D eigenvalue weighted by Crippen LogP contribution is 2.28. The van der Waals surface area contributed by atoms with Crippen LogP contribution in [0.3, 0.4) is 0 Å². The molecular formula is C18H24FN3O2. The maximum Gasteiger partial charge on any atom is 0.319 e. The second-order valence-electron chi connectivity index (χ2n) is 6.79. The van der Waals surface area contributed by atoms with Crippen LogP contribution < -0.4 is 10.6 Å². The number of nitrogens with one attached hydrogen (secondary N) is 2. The number of carbonyl (C=O) groups excluding carboxylic acids is 2. The molecule has 0 radical (unpaired) electrons. The van der Waals surface area contributed by atoms with Gasteiger partial charge in [-0.15, -0.1) is 0 Å². The van der Waals surface area contributed by atoms with E-state index in [0.29, 0.717) is 31.1 Å². The lowest BCUT2D eigenvalue weighted by atomic mass is 10.0. The number of hydrogen-bond acceptors (Lipinski definition) is 2. The van der Waals surface area contributed by atoms with Crippen molar-refractivity contribution in [3.63, 3.8) is 0 Å². The molecule has 0 aromatic heterocycles. The number of urea groups is 1. The maximum absolute atomic E-state index is 12.9. The molecule has 5 nitrogen and oxygen atoms in total. The van der Waals surface area contributed by atoms with Gasteiger partial charge in [0.2, 0.25) is 5.91 Å². The minimum absolute atomic E-state index is 0.0297. The minimum Gasteiger partial charge on any atom is -0.341 e. The van der Waals surface area contributed by atoms with Crippen LogP contribution in [0.25, 0.3) is 0 Å². The van der Waals surface area contributed by atoms with Crippen LogP contribution in [0.2, 0.25) is 0 Å². The van der Waals surface area contributed by atoms with Crippen molar-refractivity contribution in [3.05, 3.63) is 30.1 Å². The summed E-state index contributed by atoms with van der Waals surface area (Å²) in [5.74, 6) is 0.421. The van der Waals surface area contributed by atoms with Gasteiger partial charge in [-0.1, -0.05) is 12.8 Å². The Morgan fingerprint density at radius 1 is 1.12 bits per heavy atom. The van der Waals surface area contributed by atoms with E-state index in [1.54, 1.807) is 0 Å². The van der Waals surface area contributed by atoms with E-state index in [9.17, 15) is 14.0 Å². The van der Waals surface area contributed by atoms with Crippen molar-refractivity contribution in [2.45, 2.75) is 44.6 Å². The Bertz CT molecular complexity index is 584. The van der Waals surface area contributed by atoms with Gasteiger partial charge in [-0.3, -0.25) is 4.79 Å². The number of anilines is 1. The van der Waals surface area contributed by atoms with E-state index in [1.807, 2.05) is 4.90 Å². The summed E-state index contributed by atoms with van der Waals surface area (Å²) in [5.41, 5.74) is 0.543. The van der Waals surface area contributed by atoms with E-state index in [1.165, 1.54) is 49.9 Å². The normalized spacial score (nSPS) is 21.0. The average Bonchev–Trinajstić information content (AvgIpc) is 3.21. The Balaban J connectivity index is 1.42. The summed E-state index contributed by atoms with van der Waals surface area (Å²) < 4.78 is 12.9. The molecule has 1 aromatic rings. The Kier molecular flexibility index (Phi) is 5.33. The SMILES string of the molecule is O=C(Nc1ccc(F)cc1)N[C@@H]1CCN(C(=O)CC2CCCC2)C1. The van der Waals surface area contributed by atoms with Gasteiger partial charge in [0.1, 0.15) is 5.82 Å². The number of rotatable bonds is 4. The molecule has 1 saturated heterocycles. The van der Waals surface area contributed by atoms with E-state index >= 15 is 0 Å². The lowest BCUT2D eigenvalue weighted by Crippen LogP contribution is -2.40. The molecule has 1 atom stereocenters. The standard InChI is InChI=1S/C18H24FN3O2/c19-14-5-7-15(8-6-14)20-18(24)21-16-9-10-22(12-16)17(23)11-13-3-1-2-4-13/h5-8,13,16H,1-4,9-12H2,(H2,20,21,24)/t16-/m1/s1. The van der Waals surface area contributed by atoms with Gasteiger partial charge >= 0.3 is 6.03 Å². The monoisotopic (exact) mass is 333 g/mol. The van der Waals surface area contributed by atoms with E-state index in [4.69, 9.17) is 0 Å². The zero-order valence-electron chi connectivity index (χ0n) is 13.8. The van der Waals surface area contributed by atoms with Gasteiger partial charge in [-0.2, -0.15) is 0 Å². The Morgan fingerprint density at radius 2 is 1.83 bits per heavy atom. The first kappa shape index (κ1) is 16.7. The van der Waals surface area contributed by atoms with E-state index in [0.717, 1.165) is 6.42 Å². The number of nitrogens with zero attached hydrogens (tertiary/aromatic N) is 1. The molecule has 2 fully saturated rings. The first-order chi connectivity index (χ1) is 11.6. The molecular weight excluding hydrogens is 309 g/mol. The number of hydrogen-bond donors (Lipinski definition) is 2. The molecule has 3 rings (SSSR count). The lowest BCUT2D eigenvalue weighted by molar-refractivity contribution is -0.131. The van der Waals surface area contributed by atoms with Crippen molar-refractivity contribution in [2.75, 3.05) is 18.4 Å². The molecule has 130 valence electrons. The van der Waals surface area contributed by atoms with Crippen LogP contribution in [0.5, 0.6) is 0 Å². The largest absolute Gasteiger partial charge is 0.341 e. The van der Waals surface area contributed by atoms with Crippen LogP contribution in [0.15, 0.2) is 24.3 Å². The number of likely N-dealkylation sites (tertiary alicyclic amines) is 1. The highest BCUT2D eigenvalue weighted by Gasteiger charge is 2.29. The number of benzene rings is 1. The molecule has 1 aromatic carbocycles. The first-order valence-corrected chi connectivity index (χ1v) is 8.71. The molecule has 24 heavy (non-hydrogen) atoms. The van der Waals surface area contributed by atoms with E-state index in [-0.39, 0.29) is 23.8 Å². The summed E-state index contributed by atoms with van der Waals surface area (Å²) in [6.07, 6.45) is 6.24. The van der Waals surface area contributed by atoms with Crippen molar-refractivity contribution < 1.29 is 14.0 Å². The average molecular weight is 333 g/mol. The molecule has 0 bridgehead atoms. The van der Waals surface area contributed by atoms with Crippen LogP contribution in [-0.4, -0.2) is 36.0 Å². The molecule has 0 spiro atoms. The smallest absolute Gasteiger partial charge is 0.319 e. The predicted octanol–water partition coefficient (Wildman–Crippen LogP) is 3.13. The Labute approximate surface area is 141 Å². The summed E-state index contributed by atoms with van der Waals surface area (Å²) in [5, 5.41) is 5.56. The Hall–Kier alpha value is -2.11. The third kappa shape index (κ3) is 4.46. The molecule has 1 aliphatic heterocycles. The van der Waals surface area contributed by atoms with Crippen molar-refractivity contribution in [1.82, 2.24) is 10.2 Å². The van der Waals surface area contributed by atoms with Crippen LogP contribution in [-0.2, 0) is 4.79 Å². The number of carbonyl (C=O) groups is 2. The fourth-order valence-corrected chi connectivity index (χ4v) is 3.58. The van der Waals surface area contributed by atoms with Gasteiger partial charge in [0, 0.05) is 31.2 Å². The van der Waals surface area contributed by atoms with Crippen LogP contribution in [0.4, 0.5) is 14.9 Å². The summed E-state index contributed by atoms with van der Waals surface area (Å²) in [7, 11) is 0. The summed E-state index contributed by atoms with van der Waals surface area (Å²) in [6.45, 7) is 1.27. The fraction of sp³-hybridized carbons (Fsp3) is 0.556. The highest BCUT2D eigenvalue weighted by atomic mass is 19.1. The van der Waals surface area contributed by atoms with E-state index in [2.05, 4.69) is 10.6 Å². The zero-order valence-corrected chi connectivity index (χ0v) is 13.8. The summed E-state index contributed by atoms with van der Waals surface area (Å²) in [4.78, 5) is 26.2. The molecule has 1 saturated carbocycles. The second kappa shape index (κ2) is 7.64. The molecule has 6 heteroatoms. The van der Waals surface area contributed by atoms with Crippen molar-refractivity contribution in [3.8, 4) is 0 Å². The minimum atomic E-state index is -0.340. The molecule has 1 heterocycles.